The van der Waals surface area contributed by atoms with Gasteiger partial charge >= 0.3 is 12.4 Å². The Labute approximate surface area is 109 Å². The van der Waals surface area contributed by atoms with E-state index in [1.807, 2.05) is 0 Å². The quantitative estimate of drug-likeness (QED) is 0.830. The number of hydrogen-bond acceptors (Lipinski definition) is 1. The highest BCUT2D eigenvalue weighted by Crippen LogP contribution is 2.39. The highest BCUT2D eigenvalue weighted by molar-refractivity contribution is 5.98. The Bertz CT molecular complexity index is 497. The van der Waals surface area contributed by atoms with E-state index in [4.69, 9.17) is 0 Å². The van der Waals surface area contributed by atoms with E-state index in [1.54, 1.807) is 0 Å². The molecule has 0 unspecified atom stereocenters. The fourth-order valence-electron chi connectivity index (χ4n) is 1.75. The second-order valence-electron chi connectivity index (χ2n) is 4.47. The van der Waals surface area contributed by atoms with E-state index in [0.717, 1.165) is 0 Å². The van der Waals surface area contributed by atoms with Gasteiger partial charge in [-0.1, -0.05) is 6.07 Å². The Balaban J connectivity index is 2.55. The Morgan fingerprint density at radius 2 is 1.45 bits per heavy atom. The maximum Gasteiger partial charge on any atom is 0.417 e. The summed E-state index contributed by atoms with van der Waals surface area (Å²) in [6.45, 7) is 0. The van der Waals surface area contributed by atoms with Gasteiger partial charge in [-0.05, 0) is 25.0 Å². The van der Waals surface area contributed by atoms with E-state index < -0.39 is 35.0 Å². The van der Waals surface area contributed by atoms with Gasteiger partial charge in [0.1, 0.15) is 0 Å². The number of halogens is 6. The van der Waals surface area contributed by atoms with Crippen LogP contribution in [0.2, 0.25) is 0 Å². The van der Waals surface area contributed by atoms with E-state index in [1.165, 1.54) is 0 Å². The van der Waals surface area contributed by atoms with E-state index in [9.17, 15) is 31.1 Å². The van der Waals surface area contributed by atoms with Crippen LogP contribution in [0.15, 0.2) is 18.2 Å². The van der Waals surface area contributed by atoms with Crippen LogP contribution in [0.5, 0.6) is 0 Å². The molecule has 2 rings (SSSR count). The minimum atomic E-state index is -5.03. The molecular weight excluding hydrogens is 288 g/mol. The molecule has 0 radical (unpaired) electrons. The lowest BCUT2D eigenvalue weighted by Crippen LogP contribution is -2.30. The standard InChI is InChI=1S/C12H9F6NO/c13-11(14,15)7-2-1-3-8(12(16,17)18)9(7)10(20)19-6-4-5-6/h1-3,6H,4-5H2,(H,19,20). The van der Waals surface area contributed by atoms with Crippen LogP contribution in [0.1, 0.15) is 34.3 Å². The Morgan fingerprint density at radius 3 is 1.80 bits per heavy atom. The van der Waals surface area contributed by atoms with Gasteiger partial charge in [-0.25, -0.2) is 0 Å². The van der Waals surface area contributed by atoms with Crippen molar-refractivity contribution in [3.63, 3.8) is 0 Å². The highest BCUT2D eigenvalue weighted by Gasteiger charge is 2.43. The number of rotatable bonds is 2. The normalized spacial score (nSPS) is 16.1. The second-order valence-corrected chi connectivity index (χ2v) is 4.47. The number of carbonyl (C=O) groups is 1. The highest BCUT2D eigenvalue weighted by atomic mass is 19.4. The molecular formula is C12H9F6NO. The van der Waals surface area contributed by atoms with Crippen LogP contribution in [0.4, 0.5) is 26.3 Å². The minimum Gasteiger partial charge on any atom is -0.349 e. The molecule has 0 heterocycles. The molecule has 1 amide bonds. The van der Waals surface area contributed by atoms with Crippen molar-refractivity contribution in [2.24, 2.45) is 0 Å². The topological polar surface area (TPSA) is 29.1 Å². The molecule has 0 bridgehead atoms. The number of benzene rings is 1. The molecule has 20 heavy (non-hydrogen) atoms. The van der Waals surface area contributed by atoms with Gasteiger partial charge in [0.25, 0.3) is 5.91 Å². The van der Waals surface area contributed by atoms with E-state index in [-0.39, 0.29) is 6.04 Å². The van der Waals surface area contributed by atoms with Crippen molar-refractivity contribution in [1.29, 1.82) is 0 Å². The summed E-state index contributed by atoms with van der Waals surface area (Å²) in [5, 5.41) is 2.16. The number of amides is 1. The maximum atomic E-state index is 12.8. The molecule has 1 N–H and O–H groups in total. The third-order valence-electron chi connectivity index (χ3n) is 2.81. The van der Waals surface area contributed by atoms with Crippen LogP contribution in [-0.4, -0.2) is 11.9 Å². The first-order valence-electron chi connectivity index (χ1n) is 5.69. The number of carbonyl (C=O) groups excluding carboxylic acids is 1. The van der Waals surface area contributed by atoms with Crippen molar-refractivity contribution in [3.8, 4) is 0 Å². The third-order valence-corrected chi connectivity index (χ3v) is 2.81. The molecule has 0 aromatic heterocycles. The van der Waals surface area contributed by atoms with Crippen LogP contribution < -0.4 is 5.32 Å². The van der Waals surface area contributed by atoms with Gasteiger partial charge in [-0.3, -0.25) is 4.79 Å². The van der Waals surface area contributed by atoms with Gasteiger partial charge in [0.05, 0.1) is 16.7 Å². The third kappa shape index (κ3) is 3.05. The summed E-state index contributed by atoms with van der Waals surface area (Å²) in [7, 11) is 0. The van der Waals surface area contributed by atoms with Crippen LogP contribution in [-0.2, 0) is 12.4 Å². The molecule has 0 spiro atoms. The molecule has 0 saturated heterocycles. The number of alkyl halides is 6. The van der Waals surface area contributed by atoms with Gasteiger partial charge in [-0.15, -0.1) is 0 Å². The first kappa shape index (κ1) is 14.7. The van der Waals surface area contributed by atoms with E-state index in [0.29, 0.717) is 31.0 Å². The van der Waals surface area contributed by atoms with Gasteiger partial charge in [0.15, 0.2) is 0 Å². The maximum absolute atomic E-state index is 12.8. The Hall–Kier alpha value is -1.73. The van der Waals surface area contributed by atoms with Crippen LogP contribution in [0.25, 0.3) is 0 Å². The van der Waals surface area contributed by atoms with Gasteiger partial charge < -0.3 is 5.32 Å². The lowest BCUT2D eigenvalue weighted by atomic mass is 9.99. The Morgan fingerprint density at radius 1 is 1.00 bits per heavy atom. The predicted octanol–water partition coefficient (Wildman–Crippen LogP) is 3.62. The molecule has 0 atom stereocenters. The molecule has 2 nitrogen and oxygen atoms in total. The van der Waals surface area contributed by atoms with Crippen molar-refractivity contribution in [1.82, 2.24) is 5.32 Å². The minimum absolute atomic E-state index is 0.343. The van der Waals surface area contributed by atoms with E-state index in [2.05, 4.69) is 5.32 Å². The lowest BCUT2D eigenvalue weighted by molar-refractivity contribution is -0.143. The summed E-state index contributed by atoms with van der Waals surface area (Å²) in [6, 6.07) is 1.23. The summed E-state index contributed by atoms with van der Waals surface area (Å²) in [5.74, 6) is -1.34. The average Bonchev–Trinajstić information content (AvgIpc) is 3.09. The molecule has 1 aliphatic carbocycles. The van der Waals surface area contributed by atoms with Crippen LogP contribution in [0, 0.1) is 0 Å². The molecule has 0 aliphatic heterocycles. The second kappa shape index (κ2) is 4.68. The van der Waals surface area contributed by atoms with Crippen molar-refractivity contribution in [2.75, 3.05) is 0 Å². The number of nitrogens with one attached hydrogen (secondary N) is 1. The van der Waals surface area contributed by atoms with Crippen LogP contribution in [0.3, 0.4) is 0 Å². The molecule has 110 valence electrons. The molecule has 8 heteroatoms. The fraction of sp³-hybridized carbons (Fsp3) is 0.417. The SMILES string of the molecule is O=C(NC1CC1)c1c(C(F)(F)F)cccc1C(F)(F)F. The molecule has 1 fully saturated rings. The zero-order chi connectivity index (χ0) is 15.1. The summed E-state index contributed by atoms with van der Waals surface area (Å²) in [4.78, 5) is 11.7. The first-order valence-corrected chi connectivity index (χ1v) is 5.69. The molecule has 1 aliphatic rings. The largest absolute Gasteiger partial charge is 0.417 e. The van der Waals surface area contributed by atoms with Crippen molar-refractivity contribution < 1.29 is 31.1 Å². The Kier molecular flexibility index (Phi) is 3.43. The van der Waals surface area contributed by atoms with Gasteiger partial charge in [-0.2, -0.15) is 26.3 Å². The monoisotopic (exact) mass is 297 g/mol. The zero-order valence-electron chi connectivity index (χ0n) is 9.90. The predicted molar refractivity (Wildman–Crippen MR) is 56.9 cm³/mol. The lowest BCUT2D eigenvalue weighted by Gasteiger charge is -2.18. The van der Waals surface area contributed by atoms with Gasteiger partial charge in [0, 0.05) is 6.04 Å². The first-order chi connectivity index (χ1) is 9.10. The molecule has 1 aromatic rings. The van der Waals surface area contributed by atoms with Gasteiger partial charge in [0.2, 0.25) is 0 Å². The number of hydrogen-bond donors (Lipinski definition) is 1. The summed E-state index contributed by atoms with van der Waals surface area (Å²) < 4.78 is 76.7. The summed E-state index contributed by atoms with van der Waals surface area (Å²) >= 11 is 0. The average molecular weight is 297 g/mol. The molecule has 1 aromatic carbocycles. The zero-order valence-corrected chi connectivity index (χ0v) is 9.90. The fourth-order valence-corrected chi connectivity index (χ4v) is 1.75. The van der Waals surface area contributed by atoms with Crippen molar-refractivity contribution in [2.45, 2.75) is 31.2 Å². The smallest absolute Gasteiger partial charge is 0.349 e. The van der Waals surface area contributed by atoms with Crippen molar-refractivity contribution in [3.05, 3.63) is 34.9 Å². The van der Waals surface area contributed by atoms with E-state index >= 15 is 0 Å². The molecule has 1 saturated carbocycles. The van der Waals surface area contributed by atoms with Crippen LogP contribution >= 0.6 is 0 Å². The summed E-state index contributed by atoms with van der Waals surface area (Å²) in [5.41, 5.74) is -4.52. The van der Waals surface area contributed by atoms with Crippen molar-refractivity contribution >= 4 is 5.91 Å². The summed E-state index contributed by atoms with van der Waals surface area (Å²) in [6.07, 6.45) is -8.95.